The average Bonchev–Trinajstić information content (AvgIpc) is 2.49. The van der Waals surface area contributed by atoms with Crippen molar-refractivity contribution in [2.24, 2.45) is 5.73 Å². The van der Waals surface area contributed by atoms with Gasteiger partial charge in [-0.25, -0.2) is 0 Å². The summed E-state index contributed by atoms with van der Waals surface area (Å²) < 4.78 is 0. The average molecular weight is 243 g/mol. The van der Waals surface area contributed by atoms with Crippen LogP contribution in [0.15, 0.2) is 54.6 Å². The minimum atomic E-state index is 0.0455. The number of carbonyl (C=O) groups is 1. The first-order chi connectivity index (χ1) is 8.81. The highest BCUT2D eigenvalue weighted by molar-refractivity contribution is 6.08. The van der Waals surface area contributed by atoms with E-state index in [0.29, 0.717) is 17.7 Å². The first kappa shape index (κ1) is 14.1. The van der Waals surface area contributed by atoms with E-state index >= 15 is 0 Å². The third-order valence-corrected chi connectivity index (χ3v) is 2.49. The standard InChI is InChI=1S/C14H13NO.CH4O/c15-10-11-6-8-13(9-7-11)14(16)12-4-2-1-3-5-12;1-2/h1-9H,10,15H2;2H,1H3. The number of benzene rings is 2. The van der Waals surface area contributed by atoms with Crippen molar-refractivity contribution in [1.29, 1.82) is 0 Å². The zero-order chi connectivity index (χ0) is 13.4. The van der Waals surface area contributed by atoms with Crippen LogP contribution in [0.4, 0.5) is 0 Å². The van der Waals surface area contributed by atoms with Crippen molar-refractivity contribution in [1.82, 2.24) is 0 Å². The molecule has 3 heteroatoms. The van der Waals surface area contributed by atoms with Gasteiger partial charge in [-0.05, 0) is 5.56 Å². The van der Waals surface area contributed by atoms with E-state index in [0.717, 1.165) is 12.7 Å². The van der Waals surface area contributed by atoms with Gasteiger partial charge in [0.25, 0.3) is 0 Å². The van der Waals surface area contributed by atoms with Crippen LogP contribution in [0.1, 0.15) is 21.5 Å². The molecule has 0 aliphatic carbocycles. The second-order valence-electron chi connectivity index (χ2n) is 3.60. The lowest BCUT2D eigenvalue weighted by Crippen LogP contribution is -2.02. The van der Waals surface area contributed by atoms with Gasteiger partial charge in [0.05, 0.1) is 0 Å². The van der Waals surface area contributed by atoms with Crippen LogP contribution in [-0.4, -0.2) is 18.0 Å². The Kier molecular flexibility index (Phi) is 5.77. The van der Waals surface area contributed by atoms with Crippen LogP contribution in [0.2, 0.25) is 0 Å². The van der Waals surface area contributed by atoms with Gasteiger partial charge in [-0.15, -0.1) is 0 Å². The molecule has 0 aromatic heterocycles. The normalized spacial score (nSPS) is 9.28. The maximum atomic E-state index is 12.0. The van der Waals surface area contributed by atoms with E-state index < -0.39 is 0 Å². The van der Waals surface area contributed by atoms with E-state index in [1.807, 2.05) is 54.6 Å². The Hall–Kier alpha value is -1.97. The summed E-state index contributed by atoms with van der Waals surface area (Å²) in [5.74, 6) is 0.0455. The molecule has 0 spiro atoms. The molecule has 0 amide bonds. The summed E-state index contributed by atoms with van der Waals surface area (Å²) in [5, 5.41) is 7.00. The SMILES string of the molecule is CO.NCc1ccc(C(=O)c2ccccc2)cc1. The highest BCUT2D eigenvalue weighted by Crippen LogP contribution is 2.10. The molecule has 0 unspecified atom stereocenters. The Morgan fingerprint density at radius 1 is 0.944 bits per heavy atom. The number of carbonyl (C=O) groups excluding carboxylic acids is 1. The van der Waals surface area contributed by atoms with Gasteiger partial charge in [0.2, 0.25) is 0 Å². The van der Waals surface area contributed by atoms with Gasteiger partial charge in [-0.2, -0.15) is 0 Å². The van der Waals surface area contributed by atoms with Crippen LogP contribution < -0.4 is 5.73 Å². The second-order valence-corrected chi connectivity index (χ2v) is 3.60. The van der Waals surface area contributed by atoms with Crippen LogP contribution in [0.25, 0.3) is 0 Å². The third kappa shape index (κ3) is 3.52. The minimum Gasteiger partial charge on any atom is -0.400 e. The predicted molar refractivity (Wildman–Crippen MR) is 72.4 cm³/mol. The molecular weight excluding hydrogens is 226 g/mol. The van der Waals surface area contributed by atoms with E-state index in [2.05, 4.69) is 0 Å². The van der Waals surface area contributed by atoms with Gasteiger partial charge in [-0.3, -0.25) is 4.79 Å². The minimum absolute atomic E-state index is 0.0455. The molecule has 0 aliphatic heterocycles. The zero-order valence-electron chi connectivity index (χ0n) is 10.3. The van der Waals surface area contributed by atoms with Crippen LogP contribution >= 0.6 is 0 Å². The van der Waals surface area contributed by atoms with Gasteiger partial charge < -0.3 is 10.8 Å². The summed E-state index contributed by atoms with van der Waals surface area (Å²) >= 11 is 0. The number of rotatable bonds is 3. The van der Waals surface area contributed by atoms with Gasteiger partial charge in [-0.1, -0.05) is 54.6 Å². The van der Waals surface area contributed by atoms with Crippen molar-refractivity contribution in [2.75, 3.05) is 7.11 Å². The van der Waals surface area contributed by atoms with Crippen LogP contribution in [0.5, 0.6) is 0 Å². The lowest BCUT2D eigenvalue weighted by molar-refractivity contribution is 0.103. The molecular formula is C15H17NO2. The van der Waals surface area contributed by atoms with Crippen molar-refractivity contribution in [2.45, 2.75) is 6.54 Å². The van der Waals surface area contributed by atoms with Crippen molar-refractivity contribution in [3.63, 3.8) is 0 Å². The summed E-state index contributed by atoms with van der Waals surface area (Å²) in [7, 11) is 1.00. The maximum absolute atomic E-state index is 12.0. The largest absolute Gasteiger partial charge is 0.400 e. The van der Waals surface area contributed by atoms with Crippen molar-refractivity contribution < 1.29 is 9.90 Å². The Bertz CT molecular complexity index is 478. The monoisotopic (exact) mass is 243 g/mol. The summed E-state index contributed by atoms with van der Waals surface area (Å²) in [5.41, 5.74) is 7.94. The molecule has 0 saturated carbocycles. The van der Waals surface area contributed by atoms with Crippen LogP contribution in [0.3, 0.4) is 0 Å². The topological polar surface area (TPSA) is 63.3 Å². The number of aliphatic hydroxyl groups is 1. The van der Waals surface area contributed by atoms with Gasteiger partial charge in [0.1, 0.15) is 0 Å². The van der Waals surface area contributed by atoms with E-state index in [-0.39, 0.29) is 5.78 Å². The number of nitrogens with two attached hydrogens (primary N) is 1. The van der Waals surface area contributed by atoms with Crippen molar-refractivity contribution >= 4 is 5.78 Å². The van der Waals surface area contributed by atoms with Gasteiger partial charge in [0.15, 0.2) is 5.78 Å². The lowest BCUT2D eigenvalue weighted by Gasteiger charge is -2.02. The Morgan fingerprint density at radius 2 is 1.44 bits per heavy atom. The number of ketones is 1. The third-order valence-electron chi connectivity index (χ3n) is 2.49. The Balaban J connectivity index is 0.000000771. The fraction of sp³-hybridized carbons (Fsp3) is 0.133. The fourth-order valence-corrected chi connectivity index (χ4v) is 1.55. The molecule has 0 saturated heterocycles. The molecule has 3 nitrogen and oxygen atoms in total. The Morgan fingerprint density at radius 3 is 1.94 bits per heavy atom. The van der Waals surface area contributed by atoms with E-state index in [1.165, 1.54) is 0 Å². The Labute approximate surface area is 107 Å². The van der Waals surface area contributed by atoms with E-state index in [9.17, 15) is 4.79 Å². The van der Waals surface area contributed by atoms with Crippen LogP contribution in [-0.2, 0) is 6.54 Å². The highest BCUT2D eigenvalue weighted by Gasteiger charge is 2.07. The van der Waals surface area contributed by atoms with Gasteiger partial charge in [0, 0.05) is 24.8 Å². The summed E-state index contributed by atoms with van der Waals surface area (Å²) in [4.78, 5) is 12.0. The quantitative estimate of drug-likeness (QED) is 0.810. The number of hydrogen-bond donors (Lipinski definition) is 2. The highest BCUT2D eigenvalue weighted by atomic mass is 16.2. The molecule has 0 bridgehead atoms. The molecule has 2 rings (SSSR count). The molecule has 94 valence electrons. The second kappa shape index (κ2) is 7.37. The first-order valence-corrected chi connectivity index (χ1v) is 5.65. The smallest absolute Gasteiger partial charge is 0.193 e. The molecule has 3 N–H and O–H groups in total. The molecule has 2 aromatic rings. The molecule has 18 heavy (non-hydrogen) atoms. The summed E-state index contributed by atoms with van der Waals surface area (Å²) in [6.07, 6.45) is 0. The molecule has 0 fully saturated rings. The van der Waals surface area contributed by atoms with E-state index in [1.54, 1.807) is 0 Å². The van der Waals surface area contributed by atoms with Gasteiger partial charge >= 0.3 is 0 Å². The van der Waals surface area contributed by atoms with Crippen molar-refractivity contribution in [3.05, 3.63) is 71.3 Å². The molecule has 0 heterocycles. The summed E-state index contributed by atoms with van der Waals surface area (Å²) in [6.45, 7) is 0.500. The first-order valence-electron chi connectivity index (χ1n) is 5.65. The maximum Gasteiger partial charge on any atom is 0.193 e. The van der Waals surface area contributed by atoms with E-state index in [4.69, 9.17) is 10.8 Å². The lowest BCUT2D eigenvalue weighted by atomic mass is 10.0. The summed E-state index contributed by atoms with van der Waals surface area (Å²) in [6, 6.07) is 16.7. The number of hydrogen-bond acceptors (Lipinski definition) is 3. The zero-order valence-corrected chi connectivity index (χ0v) is 10.3. The molecule has 2 aromatic carbocycles. The molecule has 0 radical (unpaired) electrons. The number of aliphatic hydroxyl groups excluding tert-OH is 1. The van der Waals surface area contributed by atoms with Crippen LogP contribution in [0, 0.1) is 0 Å². The predicted octanol–water partition coefficient (Wildman–Crippen LogP) is 1.98. The molecule has 0 aliphatic rings. The van der Waals surface area contributed by atoms with Crippen molar-refractivity contribution in [3.8, 4) is 0 Å². The fourth-order valence-electron chi connectivity index (χ4n) is 1.55. The molecule has 0 atom stereocenters.